The van der Waals surface area contributed by atoms with Crippen LogP contribution in [0.4, 0.5) is 0 Å². The minimum Gasteiger partial charge on any atom is -0.341 e. The monoisotopic (exact) mass is 316 g/mol. The molecule has 126 valence electrons. The lowest BCUT2D eigenvalue weighted by atomic mass is 10.1. The van der Waals surface area contributed by atoms with Gasteiger partial charge in [0, 0.05) is 37.5 Å². The quantitative estimate of drug-likeness (QED) is 0.758. The molecule has 1 amide bonds. The maximum atomic E-state index is 12.4. The number of likely N-dealkylation sites (N-methyl/N-ethyl adjacent to an activating group) is 1. The van der Waals surface area contributed by atoms with Crippen molar-refractivity contribution in [2.75, 3.05) is 27.2 Å². The van der Waals surface area contributed by atoms with Gasteiger partial charge in [0.05, 0.1) is 0 Å². The Balaban J connectivity index is 1.78. The Kier molecular flexibility index (Phi) is 6.78. The van der Waals surface area contributed by atoms with Gasteiger partial charge in [0.25, 0.3) is 0 Å². The number of hydrogen-bond acceptors (Lipinski definition) is 3. The number of ketones is 1. The number of benzene rings is 1. The second kappa shape index (κ2) is 8.82. The lowest BCUT2D eigenvalue weighted by Gasteiger charge is -2.28. The van der Waals surface area contributed by atoms with E-state index in [2.05, 4.69) is 19.0 Å². The predicted molar refractivity (Wildman–Crippen MR) is 92.5 cm³/mol. The summed E-state index contributed by atoms with van der Waals surface area (Å²) in [4.78, 5) is 28.7. The number of Topliss-reactive ketones (excluding diaryl/α,β-unsaturated/α-hetero) is 1. The molecule has 1 aromatic rings. The Labute approximate surface area is 139 Å². The van der Waals surface area contributed by atoms with Gasteiger partial charge in [0.2, 0.25) is 5.91 Å². The van der Waals surface area contributed by atoms with Crippen LogP contribution in [0.3, 0.4) is 0 Å². The zero-order chi connectivity index (χ0) is 16.7. The summed E-state index contributed by atoms with van der Waals surface area (Å²) in [7, 11) is 4.16. The molecule has 0 bridgehead atoms. The van der Waals surface area contributed by atoms with Crippen molar-refractivity contribution < 1.29 is 9.59 Å². The predicted octanol–water partition coefficient (Wildman–Crippen LogP) is 2.98. The topological polar surface area (TPSA) is 40.6 Å². The molecule has 0 aliphatic carbocycles. The van der Waals surface area contributed by atoms with Crippen molar-refractivity contribution in [3.05, 3.63) is 35.9 Å². The van der Waals surface area contributed by atoms with E-state index in [4.69, 9.17) is 0 Å². The molecule has 1 saturated heterocycles. The highest BCUT2D eigenvalue weighted by Crippen LogP contribution is 2.16. The van der Waals surface area contributed by atoms with Crippen LogP contribution in [0, 0.1) is 0 Å². The second-order valence-corrected chi connectivity index (χ2v) is 6.60. The zero-order valence-electron chi connectivity index (χ0n) is 14.3. The summed E-state index contributed by atoms with van der Waals surface area (Å²) in [6, 6.07) is 9.77. The highest BCUT2D eigenvalue weighted by atomic mass is 16.2. The molecule has 1 atom stereocenters. The number of rotatable bonds is 6. The Bertz CT molecular complexity index is 513. The third-order valence-corrected chi connectivity index (χ3v) is 4.62. The molecule has 0 radical (unpaired) electrons. The van der Waals surface area contributed by atoms with E-state index in [0.717, 1.165) is 31.5 Å². The first kappa shape index (κ1) is 17.7. The molecule has 1 aliphatic rings. The van der Waals surface area contributed by atoms with Gasteiger partial charge < -0.3 is 9.80 Å². The van der Waals surface area contributed by atoms with Crippen LogP contribution in [-0.2, 0) is 4.79 Å². The highest BCUT2D eigenvalue weighted by Gasteiger charge is 2.23. The normalized spacial score (nSPS) is 18.7. The Morgan fingerprint density at radius 2 is 1.87 bits per heavy atom. The minimum atomic E-state index is 0.125. The maximum Gasteiger partial charge on any atom is 0.222 e. The largest absolute Gasteiger partial charge is 0.341 e. The summed E-state index contributed by atoms with van der Waals surface area (Å²) in [6.45, 7) is 1.67. The average Bonchev–Trinajstić information content (AvgIpc) is 2.81. The Hall–Kier alpha value is -1.68. The lowest BCUT2D eigenvalue weighted by Crippen LogP contribution is -2.41. The molecule has 4 nitrogen and oxygen atoms in total. The van der Waals surface area contributed by atoms with Gasteiger partial charge in [-0.1, -0.05) is 36.8 Å². The van der Waals surface area contributed by atoms with Crippen molar-refractivity contribution in [3.8, 4) is 0 Å². The maximum absolute atomic E-state index is 12.4. The summed E-state index contributed by atoms with van der Waals surface area (Å²) in [5, 5.41) is 0. The van der Waals surface area contributed by atoms with Gasteiger partial charge >= 0.3 is 0 Å². The van der Waals surface area contributed by atoms with E-state index < -0.39 is 0 Å². The van der Waals surface area contributed by atoms with Crippen molar-refractivity contribution in [1.82, 2.24) is 9.80 Å². The number of hydrogen-bond donors (Lipinski definition) is 0. The van der Waals surface area contributed by atoms with Crippen LogP contribution in [0.25, 0.3) is 0 Å². The van der Waals surface area contributed by atoms with Crippen molar-refractivity contribution in [2.24, 2.45) is 0 Å². The molecule has 1 aliphatic heterocycles. The van der Waals surface area contributed by atoms with E-state index in [0.29, 0.717) is 25.3 Å². The molecule has 0 N–H and O–H groups in total. The molecule has 23 heavy (non-hydrogen) atoms. The first-order chi connectivity index (χ1) is 11.1. The van der Waals surface area contributed by atoms with E-state index in [1.165, 1.54) is 6.42 Å². The number of nitrogens with zero attached hydrogens (tertiary/aromatic N) is 2. The van der Waals surface area contributed by atoms with Crippen LogP contribution < -0.4 is 0 Å². The van der Waals surface area contributed by atoms with E-state index in [1.807, 2.05) is 35.2 Å². The molecule has 1 aromatic carbocycles. The lowest BCUT2D eigenvalue weighted by molar-refractivity contribution is -0.131. The van der Waals surface area contributed by atoms with Gasteiger partial charge in [-0.3, -0.25) is 9.59 Å². The molecular formula is C19H28N2O2. The number of amides is 1. The summed E-state index contributed by atoms with van der Waals surface area (Å²) < 4.78 is 0. The number of carbonyl (C=O) groups excluding carboxylic acids is 2. The molecule has 2 rings (SSSR count). The van der Waals surface area contributed by atoms with Crippen LogP contribution in [-0.4, -0.2) is 54.7 Å². The first-order valence-electron chi connectivity index (χ1n) is 8.60. The molecular weight excluding hydrogens is 288 g/mol. The van der Waals surface area contributed by atoms with Crippen molar-refractivity contribution >= 4 is 11.7 Å². The van der Waals surface area contributed by atoms with Gasteiger partial charge in [0.15, 0.2) is 5.78 Å². The second-order valence-electron chi connectivity index (χ2n) is 6.60. The van der Waals surface area contributed by atoms with E-state index in [-0.39, 0.29) is 11.7 Å². The molecule has 1 fully saturated rings. The Morgan fingerprint density at radius 3 is 2.57 bits per heavy atom. The number of carbonyl (C=O) groups is 2. The van der Waals surface area contributed by atoms with Crippen LogP contribution in [0.2, 0.25) is 0 Å². The summed E-state index contributed by atoms with van der Waals surface area (Å²) in [5.74, 6) is 0.319. The van der Waals surface area contributed by atoms with E-state index >= 15 is 0 Å². The summed E-state index contributed by atoms with van der Waals surface area (Å²) in [5.41, 5.74) is 0.738. The van der Waals surface area contributed by atoms with Crippen molar-refractivity contribution in [1.29, 1.82) is 0 Å². The third-order valence-electron chi connectivity index (χ3n) is 4.62. The first-order valence-corrected chi connectivity index (χ1v) is 8.60. The minimum absolute atomic E-state index is 0.125. The van der Waals surface area contributed by atoms with Crippen LogP contribution >= 0.6 is 0 Å². The van der Waals surface area contributed by atoms with Crippen LogP contribution in [0.15, 0.2) is 30.3 Å². The van der Waals surface area contributed by atoms with E-state index in [9.17, 15) is 9.59 Å². The van der Waals surface area contributed by atoms with Crippen molar-refractivity contribution in [3.63, 3.8) is 0 Å². The third kappa shape index (κ3) is 5.47. The fourth-order valence-electron chi connectivity index (χ4n) is 3.09. The van der Waals surface area contributed by atoms with Crippen LogP contribution in [0.5, 0.6) is 0 Å². The molecule has 0 aromatic heterocycles. The van der Waals surface area contributed by atoms with Gasteiger partial charge in [-0.15, -0.1) is 0 Å². The molecule has 1 heterocycles. The van der Waals surface area contributed by atoms with Gasteiger partial charge in [-0.25, -0.2) is 0 Å². The molecule has 0 spiro atoms. The van der Waals surface area contributed by atoms with Crippen molar-refractivity contribution in [2.45, 2.75) is 44.6 Å². The summed E-state index contributed by atoms with van der Waals surface area (Å²) >= 11 is 0. The molecule has 0 saturated carbocycles. The average molecular weight is 316 g/mol. The van der Waals surface area contributed by atoms with Gasteiger partial charge in [-0.2, -0.15) is 0 Å². The standard InChI is InChI=1S/C19H28N2O2/c1-20(2)17-11-6-7-14-21(15-17)19(23)13-8-12-18(22)16-9-4-3-5-10-16/h3-5,9-10,17H,6-8,11-15H2,1-2H3/t17-/m0/s1. The van der Waals surface area contributed by atoms with Gasteiger partial charge in [0.1, 0.15) is 0 Å². The smallest absolute Gasteiger partial charge is 0.222 e. The van der Waals surface area contributed by atoms with Gasteiger partial charge in [-0.05, 0) is 33.4 Å². The molecule has 0 unspecified atom stereocenters. The van der Waals surface area contributed by atoms with E-state index in [1.54, 1.807) is 0 Å². The fraction of sp³-hybridized carbons (Fsp3) is 0.579. The summed E-state index contributed by atoms with van der Waals surface area (Å²) in [6.07, 6.45) is 4.97. The number of likely N-dealkylation sites (tertiary alicyclic amines) is 1. The molecule has 4 heteroatoms. The van der Waals surface area contributed by atoms with Crippen LogP contribution in [0.1, 0.15) is 48.9 Å². The SMILES string of the molecule is CN(C)[C@H]1CCCCN(C(=O)CCCC(=O)c2ccccc2)C1. The highest BCUT2D eigenvalue weighted by molar-refractivity contribution is 5.96. The Morgan fingerprint density at radius 1 is 1.13 bits per heavy atom. The zero-order valence-corrected chi connectivity index (χ0v) is 14.3. The fourth-order valence-corrected chi connectivity index (χ4v) is 3.09.